The molecular weight excluding hydrogens is 293 g/mol. The predicted molar refractivity (Wildman–Crippen MR) is 78.3 cm³/mol. The Labute approximate surface area is 127 Å². The minimum Gasteiger partial charge on any atom is -0.441 e. The number of rotatable bonds is 4. The molecule has 0 aliphatic rings. The van der Waals surface area contributed by atoms with Crippen LogP contribution in [0.2, 0.25) is 0 Å². The highest BCUT2D eigenvalue weighted by Gasteiger charge is 2.30. The van der Waals surface area contributed by atoms with Gasteiger partial charge in [-0.15, -0.1) is 0 Å². The second kappa shape index (κ2) is 6.12. The lowest BCUT2D eigenvalue weighted by atomic mass is 10.1. The lowest BCUT2D eigenvalue weighted by molar-refractivity contribution is -0.137. The van der Waals surface area contributed by atoms with E-state index in [4.69, 9.17) is 4.42 Å². The van der Waals surface area contributed by atoms with Crippen molar-refractivity contribution in [1.29, 1.82) is 0 Å². The SMILES string of the molecule is Cc1oc(-c2ccc(C(F)(F)F)cc2)nc1CN(C)C(C)C. The highest BCUT2D eigenvalue weighted by atomic mass is 19.4. The molecule has 1 aromatic carbocycles. The maximum atomic E-state index is 12.6. The van der Waals surface area contributed by atoms with E-state index in [9.17, 15) is 13.2 Å². The van der Waals surface area contributed by atoms with Gasteiger partial charge < -0.3 is 4.42 Å². The highest BCUT2D eigenvalue weighted by molar-refractivity contribution is 5.54. The molecule has 0 saturated carbocycles. The molecule has 0 amide bonds. The van der Waals surface area contributed by atoms with Gasteiger partial charge in [-0.1, -0.05) is 0 Å². The van der Waals surface area contributed by atoms with Crippen molar-refractivity contribution in [1.82, 2.24) is 9.88 Å². The normalized spacial score (nSPS) is 12.4. The molecule has 0 spiro atoms. The Morgan fingerprint density at radius 3 is 2.27 bits per heavy atom. The number of hydrogen-bond donors (Lipinski definition) is 0. The van der Waals surface area contributed by atoms with Gasteiger partial charge in [0, 0.05) is 18.2 Å². The fraction of sp³-hybridized carbons (Fsp3) is 0.438. The zero-order valence-electron chi connectivity index (χ0n) is 13.0. The molecule has 1 aromatic heterocycles. The van der Waals surface area contributed by atoms with E-state index in [2.05, 4.69) is 23.7 Å². The van der Waals surface area contributed by atoms with Crippen LogP contribution in [0.1, 0.15) is 30.9 Å². The van der Waals surface area contributed by atoms with Gasteiger partial charge in [0.15, 0.2) is 0 Å². The predicted octanol–water partition coefficient (Wildman–Crippen LogP) is 4.51. The quantitative estimate of drug-likeness (QED) is 0.832. The van der Waals surface area contributed by atoms with Crippen molar-refractivity contribution in [3.8, 4) is 11.5 Å². The van der Waals surface area contributed by atoms with Gasteiger partial charge in [-0.25, -0.2) is 4.98 Å². The van der Waals surface area contributed by atoms with Crippen LogP contribution in [0.4, 0.5) is 13.2 Å². The van der Waals surface area contributed by atoms with Crippen LogP contribution in [0.15, 0.2) is 28.7 Å². The Kier molecular flexibility index (Phi) is 4.60. The number of nitrogens with zero attached hydrogens (tertiary/aromatic N) is 2. The third kappa shape index (κ3) is 3.68. The first-order valence-electron chi connectivity index (χ1n) is 7.02. The third-order valence-corrected chi connectivity index (χ3v) is 3.63. The van der Waals surface area contributed by atoms with E-state index in [0.717, 1.165) is 17.8 Å². The lowest BCUT2D eigenvalue weighted by Crippen LogP contribution is -2.26. The van der Waals surface area contributed by atoms with E-state index in [0.29, 0.717) is 29.8 Å². The van der Waals surface area contributed by atoms with Gasteiger partial charge in [-0.3, -0.25) is 4.90 Å². The molecule has 0 N–H and O–H groups in total. The van der Waals surface area contributed by atoms with Crippen LogP contribution >= 0.6 is 0 Å². The molecule has 0 radical (unpaired) electrons. The van der Waals surface area contributed by atoms with Gasteiger partial charge in [0.2, 0.25) is 5.89 Å². The van der Waals surface area contributed by atoms with Crippen molar-refractivity contribution in [2.75, 3.05) is 7.05 Å². The molecule has 0 bridgehead atoms. The van der Waals surface area contributed by atoms with E-state index in [1.54, 1.807) is 0 Å². The Morgan fingerprint density at radius 1 is 1.18 bits per heavy atom. The molecule has 6 heteroatoms. The smallest absolute Gasteiger partial charge is 0.416 e. The first-order chi connectivity index (χ1) is 10.2. The third-order valence-electron chi connectivity index (χ3n) is 3.63. The average Bonchev–Trinajstić information content (AvgIpc) is 2.79. The number of aryl methyl sites for hydroxylation is 1. The van der Waals surface area contributed by atoms with Gasteiger partial charge >= 0.3 is 6.18 Å². The fourth-order valence-electron chi connectivity index (χ4n) is 1.92. The summed E-state index contributed by atoms with van der Waals surface area (Å²) in [4.78, 5) is 6.52. The Morgan fingerprint density at radius 2 is 1.77 bits per heavy atom. The molecule has 22 heavy (non-hydrogen) atoms. The topological polar surface area (TPSA) is 29.3 Å². The zero-order valence-corrected chi connectivity index (χ0v) is 13.0. The van der Waals surface area contributed by atoms with E-state index in [-0.39, 0.29) is 0 Å². The molecule has 2 aromatic rings. The summed E-state index contributed by atoms with van der Waals surface area (Å²) in [6.07, 6.45) is -4.34. The first-order valence-corrected chi connectivity index (χ1v) is 7.02. The number of hydrogen-bond acceptors (Lipinski definition) is 3. The molecule has 1 heterocycles. The highest BCUT2D eigenvalue weighted by Crippen LogP contribution is 2.31. The molecular formula is C16H19F3N2O. The van der Waals surface area contributed by atoms with Crippen molar-refractivity contribution in [2.24, 2.45) is 0 Å². The second-order valence-corrected chi connectivity index (χ2v) is 5.61. The summed E-state index contributed by atoms with van der Waals surface area (Å²) < 4.78 is 43.3. The van der Waals surface area contributed by atoms with Crippen LogP contribution < -0.4 is 0 Å². The number of halogens is 3. The van der Waals surface area contributed by atoms with E-state index >= 15 is 0 Å². The maximum Gasteiger partial charge on any atom is 0.416 e. The summed E-state index contributed by atoms with van der Waals surface area (Å²) in [5, 5.41) is 0. The van der Waals surface area contributed by atoms with Gasteiger partial charge in [0.05, 0.1) is 11.3 Å². The monoisotopic (exact) mass is 312 g/mol. The minimum atomic E-state index is -4.34. The summed E-state index contributed by atoms with van der Waals surface area (Å²) >= 11 is 0. The Balaban J connectivity index is 2.23. The van der Waals surface area contributed by atoms with Crippen molar-refractivity contribution >= 4 is 0 Å². The molecule has 2 rings (SSSR count). The number of aromatic nitrogens is 1. The molecule has 3 nitrogen and oxygen atoms in total. The van der Waals surface area contributed by atoms with Gasteiger partial charge in [-0.05, 0) is 52.1 Å². The summed E-state index contributed by atoms with van der Waals surface area (Å²) in [7, 11) is 1.98. The second-order valence-electron chi connectivity index (χ2n) is 5.61. The van der Waals surface area contributed by atoms with Crippen LogP contribution in [-0.4, -0.2) is 23.0 Å². The van der Waals surface area contributed by atoms with E-state index in [1.165, 1.54) is 12.1 Å². The summed E-state index contributed by atoms with van der Waals surface area (Å²) in [5.74, 6) is 1.03. The molecule has 0 aliphatic heterocycles. The van der Waals surface area contributed by atoms with Gasteiger partial charge in [0.1, 0.15) is 5.76 Å². The fourth-order valence-corrected chi connectivity index (χ4v) is 1.92. The minimum absolute atomic E-state index is 0.346. The number of oxazole rings is 1. The standard InChI is InChI=1S/C16H19F3N2O/c1-10(2)21(4)9-14-11(3)22-15(20-14)12-5-7-13(8-6-12)16(17,18)19/h5-8,10H,9H2,1-4H3. The molecule has 0 fully saturated rings. The Bertz CT molecular complexity index is 630. The van der Waals surface area contributed by atoms with Crippen LogP contribution in [0.5, 0.6) is 0 Å². The van der Waals surface area contributed by atoms with Crippen LogP contribution in [-0.2, 0) is 12.7 Å². The van der Waals surface area contributed by atoms with Crippen molar-refractivity contribution in [2.45, 2.75) is 39.5 Å². The van der Waals surface area contributed by atoms with Crippen molar-refractivity contribution < 1.29 is 17.6 Å². The molecule has 120 valence electrons. The van der Waals surface area contributed by atoms with Crippen molar-refractivity contribution in [3.05, 3.63) is 41.3 Å². The van der Waals surface area contributed by atoms with Crippen LogP contribution in [0, 0.1) is 6.92 Å². The Hall–Kier alpha value is -1.82. The van der Waals surface area contributed by atoms with Crippen LogP contribution in [0.3, 0.4) is 0 Å². The van der Waals surface area contributed by atoms with Crippen molar-refractivity contribution in [3.63, 3.8) is 0 Å². The average molecular weight is 312 g/mol. The molecule has 0 aliphatic carbocycles. The van der Waals surface area contributed by atoms with Crippen LogP contribution in [0.25, 0.3) is 11.5 Å². The first kappa shape index (κ1) is 16.5. The molecule has 0 atom stereocenters. The maximum absolute atomic E-state index is 12.6. The van der Waals surface area contributed by atoms with Gasteiger partial charge in [-0.2, -0.15) is 13.2 Å². The van der Waals surface area contributed by atoms with E-state index in [1.807, 2.05) is 14.0 Å². The largest absolute Gasteiger partial charge is 0.441 e. The molecule has 0 saturated heterocycles. The zero-order chi connectivity index (χ0) is 16.5. The number of benzene rings is 1. The summed E-state index contributed by atoms with van der Waals surface area (Å²) in [5.41, 5.74) is 0.653. The lowest BCUT2D eigenvalue weighted by Gasteiger charge is -2.19. The van der Waals surface area contributed by atoms with E-state index < -0.39 is 11.7 Å². The summed E-state index contributed by atoms with van der Waals surface area (Å²) in [6.45, 7) is 6.59. The van der Waals surface area contributed by atoms with Gasteiger partial charge in [0.25, 0.3) is 0 Å². The molecule has 0 unspecified atom stereocenters. The number of alkyl halides is 3. The summed E-state index contributed by atoms with van der Waals surface area (Å²) in [6, 6.07) is 5.20.